The molecule has 0 aromatic rings. The van der Waals surface area contributed by atoms with Crippen LogP contribution in [0.5, 0.6) is 0 Å². The van der Waals surface area contributed by atoms with Crippen LogP contribution in [0.15, 0.2) is 11.0 Å². The smallest absolute Gasteiger partial charge is 0.282 e. The third kappa shape index (κ3) is 4.51. The van der Waals surface area contributed by atoms with Crippen molar-refractivity contribution in [3.8, 4) is 0 Å². The largest absolute Gasteiger partial charge is 0.290 e. The van der Waals surface area contributed by atoms with Crippen molar-refractivity contribution in [3.05, 3.63) is 11.0 Å². The van der Waals surface area contributed by atoms with Crippen LogP contribution in [-0.2, 0) is 10.1 Å². The first-order valence-electron chi connectivity index (χ1n) is 4.18. The molecule has 0 fully saturated rings. The standard InChI is InChI=1S/C8H16O3S/c1-3-5-7-8(6-4-2)12(9,10)11/h7H,3-6H2,1-2H3,(H,9,10,11). The van der Waals surface area contributed by atoms with E-state index < -0.39 is 10.1 Å². The van der Waals surface area contributed by atoms with Crippen LogP contribution < -0.4 is 0 Å². The molecule has 0 aliphatic rings. The molecule has 0 spiro atoms. The van der Waals surface area contributed by atoms with Gasteiger partial charge in [0.25, 0.3) is 10.1 Å². The summed E-state index contributed by atoms with van der Waals surface area (Å²) in [6.45, 7) is 3.84. The molecule has 0 unspecified atom stereocenters. The van der Waals surface area contributed by atoms with Crippen LogP contribution in [0.3, 0.4) is 0 Å². The molecule has 0 heterocycles. The number of allylic oxidation sites excluding steroid dienone is 2. The lowest BCUT2D eigenvalue weighted by molar-refractivity contribution is 0.488. The van der Waals surface area contributed by atoms with Crippen LogP contribution in [-0.4, -0.2) is 13.0 Å². The van der Waals surface area contributed by atoms with Crippen molar-refractivity contribution in [1.29, 1.82) is 0 Å². The average molecular weight is 192 g/mol. The van der Waals surface area contributed by atoms with Crippen LogP contribution >= 0.6 is 0 Å². The summed E-state index contributed by atoms with van der Waals surface area (Å²) in [5.74, 6) is 0. The molecule has 0 aromatic heterocycles. The Hall–Kier alpha value is -0.350. The second-order valence-electron chi connectivity index (χ2n) is 2.68. The molecule has 3 nitrogen and oxygen atoms in total. The normalized spacial score (nSPS) is 13.4. The second kappa shape index (κ2) is 5.32. The zero-order valence-electron chi connectivity index (χ0n) is 7.58. The van der Waals surface area contributed by atoms with Gasteiger partial charge in [-0.05, 0) is 12.8 Å². The summed E-state index contributed by atoms with van der Waals surface area (Å²) in [7, 11) is -3.94. The van der Waals surface area contributed by atoms with Crippen molar-refractivity contribution >= 4 is 10.1 Å². The van der Waals surface area contributed by atoms with E-state index in [9.17, 15) is 8.42 Å². The Labute approximate surface area is 74.2 Å². The van der Waals surface area contributed by atoms with Crippen LogP contribution in [0.4, 0.5) is 0 Å². The van der Waals surface area contributed by atoms with Crippen molar-refractivity contribution < 1.29 is 13.0 Å². The molecule has 0 amide bonds. The average Bonchev–Trinajstić information content (AvgIpc) is 1.95. The fourth-order valence-electron chi connectivity index (χ4n) is 0.888. The van der Waals surface area contributed by atoms with Gasteiger partial charge in [-0.2, -0.15) is 8.42 Å². The molecule has 0 bridgehead atoms. The molecule has 1 N–H and O–H groups in total. The topological polar surface area (TPSA) is 54.4 Å². The van der Waals surface area contributed by atoms with E-state index in [1.165, 1.54) is 0 Å². The number of hydrogen-bond acceptors (Lipinski definition) is 2. The second-order valence-corrected chi connectivity index (χ2v) is 4.16. The van der Waals surface area contributed by atoms with E-state index in [4.69, 9.17) is 4.55 Å². The first-order valence-corrected chi connectivity index (χ1v) is 5.62. The Morgan fingerprint density at radius 2 is 1.92 bits per heavy atom. The Bertz CT molecular complexity index is 239. The lowest BCUT2D eigenvalue weighted by Crippen LogP contribution is -2.01. The summed E-state index contributed by atoms with van der Waals surface area (Å²) in [5, 5.41) is 0. The van der Waals surface area contributed by atoms with Gasteiger partial charge in [0.05, 0.1) is 4.91 Å². The zero-order valence-corrected chi connectivity index (χ0v) is 8.39. The van der Waals surface area contributed by atoms with Crippen LogP contribution in [0, 0.1) is 0 Å². The van der Waals surface area contributed by atoms with Gasteiger partial charge >= 0.3 is 0 Å². The minimum absolute atomic E-state index is 0.159. The van der Waals surface area contributed by atoms with Gasteiger partial charge in [-0.3, -0.25) is 4.55 Å². The molecule has 12 heavy (non-hydrogen) atoms. The minimum Gasteiger partial charge on any atom is -0.282 e. The summed E-state index contributed by atoms with van der Waals surface area (Å²) < 4.78 is 30.2. The SMILES string of the molecule is CCCC=C(CCC)S(=O)(=O)O. The Morgan fingerprint density at radius 3 is 2.25 bits per heavy atom. The van der Waals surface area contributed by atoms with E-state index in [0.29, 0.717) is 12.8 Å². The maximum Gasteiger partial charge on any atom is 0.290 e. The lowest BCUT2D eigenvalue weighted by atomic mass is 10.2. The fourth-order valence-corrected chi connectivity index (χ4v) is 1.68. The van der Waals surface area contributed by atoms with E-state index in [-0.39, 0.29) is 4.91 Å². The van der Waals surface area contributed by atoms with Gasteiger partial charge in [-0.1, -0.05) is 32.8 Å². The Balaban J connectivity index is 4.44. The van der Waals surface area contributed by atoms with Gasteiger partial charge in [-0.25, -0.2) is 0 Å². The molecule has 0 aliphatic carbocycles. The molecule has 0 radical (unpaired) electrons. The Morgan fingerprint density at radius 1 is 1.33 bits per heavy atom. The molecule has 0 saturated carbocycles. The maximum atomic E-state index is 10.7. The monoisotopic (exact) mass is 192 g/mol. The molecule has 4 heteroatoms. The first kappa shape index (κ1) is 11.6. The van der Waals surface area contributed by atoms with Crippen molar-refractivity contribution in [3.63, 3.8) is 0 Å². The van der Waals surface area contributed by atoms with E-state index >= 15 is 0 Å². The highest BCUT2D eigenvalue weighted by Crippen LogP contribution is 2.12. The molecule has 0 rings (SSSR count). The molecule has 0 saturated heterocycles. The summed E-state index contributed by atoms with van der Waals surface area (Å²) >= 11 is 0. The summed E-state index contributed by atoms with van der Waals surface area (Å²) in [6.07, 6.45) is 4.35. The predicted molar refractivity (Wildman–Crippen MR) is 49.4 cm³/mol. The summed E-state index contributed by atoms with van der Waals surface area (Å²) in [5.41, 5.74) is 0. The van der Waals surface area contributed by atoms with E-state index in [0.717, 1.165) is 12.8 Å². The number of rotatable bonds is 5. The highest BCUT2D eigenvalue weighted by molar-refractivity contribution is 7.89. The van der Waals surface area contributed by atoms with Gasteiger partial charge in [0.2, 0.25) is 0 Å². The van der Waals surface area contributed by atoms with Crippen molar-refractivity contribution in [2.24, 2.45) is 0 Å². The summed E-state index contributed by atoms with van der Waals surface area (Å²) in [4.78, 5) is 0.159. The van der Waals surface area contributed by atoms with Gasteiger partial charge in [-0.15, -0.1) is 0 Å². The van der Waals surface area contributed by atoms with E-state index in [1.807, 2.05) is 13.8 Å². The number of hydrogen-bond donors (Lipinski definition) is 1. The van der Waals surface area contributed by atoms with Gasteiger partial charge in [0.15, 0.2) is 0 Å². The highest BCUT2D eigenvalue weighted by atomic mass is 32.2. The highest BCUT2D eigenvalue weighted by Gasteiger charge is 2.11. The van der Waals surface area contributed by atoms with Gasteiger partial charge in [0, 0.05) is 0 Å². The van der Waals surface area contributed by atoms with Crippen molar-refractivity contribution in [2.75, 3.05) is 0 Å². The Kier molecular flexibility index (Phi) is 5.17. The molecular formula is C8H16O3S. The van der Waals surface area contributed by atoms with Crippen molar-refractivity contribution in [1.82, 2.24) is 0 Å². The third-order valence-electron chi connectivity index (χ3n) is 1.49. The molecule has 0 atom stereocenters. The van der Waals surface area contributed by atoms with Crippen LogP contribution in [0.1, 0.15) is 39.5 Å². The molecule has 0 aromatic carbocycles. The fraction of sp³-hybridized carbons (Fsp3) is 0.750. The molecular weight excluding hydrogens is 176 g/mol. The maximum absolute atomic E-state index is 10.7. The van der Waals surface area contributed by atoms with E-state index in [1.54, 1.807) is 6.08 Å². The first-order chi connectivity index (χ1) is 5.52. The quantitative estimate of drug-likeness (QED) is 0.680. The molecule has 72 valence electrons. The molecule has 0 aliphatic heterocycles. The van der Waals surface area contributed by atoms with Gasteiger partial charge in [0.1, 0.15) is 0 Å². The van der Waals surface area contributed by atoms with E-state index in [2.05, 4.69) is 0 Å². The van der Waals surface area contributed by atoms with Crippen LogP contribution in [0.2, 0.25) is 0 Å². The lowest BCUT2D eigenvalue weighted by Gasteiger charge is -2.00. The summed E-state index contributed by atoms with van der Waals surface area (Å²) in [6, 6.07) is 0. The minimum atomic E-state index is -3.94. The zero-order chi connectivity index (χ0) is 9.61. The van der Waals surface area contributed by atoms with Crippen molar-refractivity contribution in [2.45, 2.75) is 39.5 Å². The third-order valence-corrected chi connectivity index (χ3v) is 2.52. The number of unbranched alkanes of at least 4 members (excludes halogenated alkanes) is 1. The van der Waals surface area contributed by atoms with Gasteiger partial charge < -0.3 is 0 Å². The van der Waals surface area contributed by atoms with Crippen LogP contribution in [0.25, 0.3) is 0 Å². The predicted octanol–water partition coefficient (Wildman–Crippen LogP) is 2.36.